The molecule has 0 atom stereocenters. The van der Waals surface area contributed by atoms with E-state index in [1.54, 1.807) is 0 Å². The number of sulfone groups is 1. The lowest BCUT2D eigenvalue weighted by atomic mass is 10.4. The highest BCUT2D eigenvalue weighted by Gasteiger charge is 2.19. The maximum Gasteiger partial charge on any atom is 0.322 e. The topological polar surface area (TPSA) is 113 Å². The predicted octanol–water partition coefficient (Wildman–Crippen LogP) is 0.515. The maximum absolute atomic E-state index is 12.0. The van der Waals surface area contributed by atoms with Crippen LogP contribution in [0, 0.1) is 0 Å². The highest BCUT2D eigenvalue weighted by molar-refractivity contribution is 7.91. The van der Waals surface area contributed by atoms with Crippen LogP contribution in [-0.4, -0.2) is 44.4 Å². The Bertz CT molecular complexity index is 648. The zero-order valence-corrected chi connectivity index (χ0v) is 12.9. The molecule has 7 nitrogen and oxygen atoms in total. The number of hydrogen-bond donors (Lipinski definition) is 3. The Morgan fingerprint density at radius 2 is 1.86 bits per heavy atom. The molecule has 0 aromatic heterocycles. The highest BCUT2D eigenvalue weighted by atomic mass is 35.5. The molecule has 10 heteroatoms. The first-order chi connectivity index (χ1) is 9.74. The fourth-order valence-electron chi connectivity index (χ4n) is 1.34. The number of carbonyl (C=O) groups is 2. The number of hydrogen-bond acceptors (Lipinski definition) is 5. The van der Waals surface area contributed by atoms with Crippen LogP contribution in [0.2, 0.25) is 10.0 Å². The van der Waals surface area contributed by atoms with Crippen molar-refractivity contribution in [3.8, 4) is 0 Å². The molecule has 0 bridgehead atoms. The molecular weight excluding hydrogens is 343 g/mol. The summed E-state index contributed by atoms with van der Waals surface area (Å²) in [6.07, 6.45) is 0. The van der Waals surface area contributed by atoms with E-state index < -0.39 is 34.1 Å². The van der Waals surface area contributed by atoms with Crippen molar-refractivity contribution in [2.45, 2.75) is 4.90 Å². The van der Waals surface area contributed by atoms with E-state index in [1.807, 2.05) is 0 Å². The van der Waals surface area contributed by atoms with Crippen LogP contribution in [0.4, 0.5) is 0 Å². The Hall–Kier alpha value is -1.35. The normalized spacial score (nSPS) is 11.1. The van der Waals surface area contributed by atoms with Crippen molar-refractivity contribution in [3.05, 3.63) is 28.2 Å². The highest BCUT2D eigenvalue weighted by Crippen LogP contribution is 2.29. The van der Waals surface area contributed by atoms with Gasteiger partial charge in [0, 0.05) is 0 Å². The van der Waals surface area contributed by atoms with Crippen LogP contribution in [0.25, 0.3) is 0 Å². The van der Waals surface area contributed by atoms with Crippen molar-refractivity contribution in [2.75, 3.05) is 19.0 Å². The fraction of sp³-hybridized carbons (Fsp3) is 0.273. The van der Waals surface area contributed by atoms with E-state index in [2.05, 4.69) is 10.6 Å². The molecule has 1 aromatic rings. The minimum atomic E-state index is -3.76. The average molecular weight is 355 g/mol. The third-order valence-electron chi connectivity index (χ3n) is 2.27. The summed E-state index contributed by atoms with van der Waals surface area (Å²) in [4.78, 5) is 21.3. The SMILES string of the molecule is O=C(O)CNC(=O)CNCS(=O)(=O)c1cccc(Cl)c1Cl. The minimum Gasteiger partial charge on any atom is -0.480 e. The number of nitrogens with one attached hydrogen (secondary N) is 2. The van der Waals surface area contributed by atoms with Gasteiger partial charge in [-0.3, -0.25) is 14.9 Å². The zero-order chi connectivity index (χ0) is 16.0. The van der Waals surface area contributed by atoms with Gasteiger partial charge in [-0.15, -0.1) is 0 Å². The van der Waals surface area contributed by atoms with Crippen LogP contribution in [0.15, 0.2) is 23.1 Å². The van der Waals surface area contributed by atoms with Crippen molar-refractivity contribution in [2.24, 2.45) is 0 Å². The zero-order valence-electron chi connectivity index (χ0n) is 10.6. The molecule has 3 N–H and O–H groups in total. The summed E-state index contributed by atoms with van der Waals surface area (Å²) in [6, 6.07) is 4.20. The number of benzene rings is 1. The van der Waals surface area contributed by atoms with Gasteiger partial charge in [-0.1, -0.05) is 29.3 Å². The number of carbonyl (C=O) groups excluding carboxylic acids is 1. The number of amides is 1. The summed E-state index contributed by atoms with van der Waals surface area (Å²) in [6.45, 7) is -0.877. The summed E-state index contributed by atoms with van der Waals surface area (Å²) < 4.78 is 24.0. The second-order valence-electron chi connectivity index (χ2n) is 3.91. The first kappa shape index (κ1) is 17.7. The molecule has 1 amide bonds. The lowest BCUT2D eigenvalue weighted by molar-refractivity contribution is -0.137. The van der Waals surface area contributed by atoms with Gasteiger partial charge in [0.05, 0.1) is 21.5 Å². The minimum absolute atomic E-state index is 0.0868. The molecule has 0 aliphatic rings. The van der Waals surface area contributed by atoms with Crippen LogP contribution < -0.4 is 10.6 Å². The molecule has 0 spiro atoms. The summed E-state index contributed by atoms with van der Waals surface area (Å²) in [7, 11) is -3.76. The molecule has 0 heterocycles. The molecule has 0 saturated carbocycles. The molecule has 0 aliphatic heterocycles. The van der Waals surface area contributed by atoms with Gasteiger partial charge in [-0.05, 0) is 12.1 Å². The van der Waals surface area contributed by atoms with E-state index in [1.165, 1.54) is 18.2 Å². The third-order valence-corrected chi connectivity index (χ3v) is 4.79. The number of carboxylic acid groups (broad SMARTS) is 1. The standard InChI is InChI=1S/C11H12Cl2N2O5S/c12-7-2-1-3-8(11(7)13)21(19,20)6-14-4-9(16)15-5-10(17)18/h1-3,14H,4-6H2,(H,15,16)(H,17,18). The molecule has 1 aromatic carbocycles. The average Bonchev–Trinajstić information content (AvgIpc) is 2.39. The lowest BCUT2D eigenvalue weighted by Gasteiger charge is -2.09. The van der Waals surface area contributed by atoms with E-state index >= 15 is 0 Å². The quantitative estimate of drug-likeness (QED) is 0.657. The Morgan fingerprint density at radius 1 is 1.19 bits per heavy atom. The lowest BCUT2D eigenvalue weighted by Crippen LogP contribution is -2.38. The molecule has 1 rings (SSSR count). The van der Waals surface area contributed by atoms with Gasteiger partial charge in [-0.2, -0.15) is 0 Å². The predicted molar refractivity (Wildman–Crippen MR) is 77.2 cm³/mol. The molecule has 0 radical (unpaired) electrons. The Balaban J connectivity index is 2.60. The molecule has 0 aliphatic carbocycles. The van der Waals surface area contributed by atoms with Gasteiger partial charge in [0.15, 0.2) is 9.84 Å². The first-order valence-electron chi connectivity index (χ1n) is 5.60. The molecule has 0 saturated heterocycles. The number of halogens is 2. The van der Waals surface area contributed by atoms with Gasteiger partial charge >= 0.3 is 5.97 Å². The van der Waals surface area contributed by atoms with Crippen molar-refractivity contribution in [3.63, 3.8) is 0 Å². The number of aliphatic carboxylic acids is 1. The number of carboxylic acids is 1. The van der Waals surface area contributed by atoms with Crippen molar-refractivity contribution in [1.82, 2.24) is 10.6 Å². The van der Waals surface area contributed by atoms with Crippen LogP contribution in [0.5, 0.6) is 0 Å². The molecule has 21 heavy (non-hydrogen) atoms. The van der Waals surface area contributed by atoms with Gasteiger partial charge in [-0.25, -0.2) is 8.42 Å². The van der Waals surface area contributed by atoms with E-state index in [0.717, 1.165) is 0 Å². The maximum atomic E-state index is 12.0. The van der Waals surface area contributed by atoms with Crippen LogP contribution in [0.3, 0.4) is 0 Å². The van der Waals surface area contributed by atoms with E-state index in [0.29, 0.717) is 0 Å². The third kappa shape index (κ3) is 5.50. The van der Waals surface area contributed by atoms with Gasteiger partial charge in [0.1, 0.15) is 12.4 Å². The fourth-order valence-corrected chi connectivity index (χ4v) is 3.24. The molecular formula is C11H12Cl2N2O5S. The Kier molecular flexibility index (Phi) is 6.41. The largest absolute Gasteiger partial charge is 0.480 e. The second kappa shape index (κ2) is 7.60. The van der Waals surface area contributed by atoms with Gasteiger partial charge in [0.25, 0.3) is 0 Å². The smallest absolute Gasteiger partial charge is 0.322 e. The van der Waals surface area contributed by atoms with Crippen molar-refractivity contribution < 1.29 is 23.1 Å². The van der Waals surface area contributed by atoms with Gasteiger partial charge < -0.3 is 10.4 Å². The summed E-state index contributed by atoms with van der Waals surface area (Å²) in [5, 5.41) is 12.9. The Labute approximate surface area is 131 Å². The monoisotopic (exact) mass is 354 g/mol. The molecule has 0 fully saturated rings. The van der Waals surface area contributed by atoms with Gasteiger partial charge in [0.2, 0.25) is 5.91 Å². The van der Waals surface area contributed by atoms with Crippen LogP contribution in [0.1, 0.15) is 0 Å². The van der Waals surface area contributed by atoms with E-state index in [9.17, 15) is 18.0 Å². The summed E-state index contributed by atoms with van der Waals surface area (Å²) in [5.41, 5.74) is 0. The molecule has 116 valence electrons. The van der Waals surface area contributed by atoms with Crippen molar-refractivity contribution in [1.29, 1.82) is 0 Å². The first-order valence-corrected chi connectivity index (χ1v) is 8.01. The molecule has 0 unspecified atom stereocenters. The number of rotatable bonds is 7. The second-order valence-corrected chi connectivity index (χ2v) is 6.65. The Morgan fingerprint density at radius 3 is 2.48 bits per heavy atom. The summed E-state index contributed by atoms with van der Waals surface area (Å²) in [5.74, 6) is -2.36. The summed E-state index contributed by atoms with van der Waals surface area (Å²) >= 11 is 11.6. The van der Waals surface area contributed by atoms with Crippen molar-refractivity contribution >= 4 is 44.9 Å². The van der Waals surface area contributed by atoms with E-state index in [4.69, 9.17) is 28.3 Å². The van der Waals surface area contributed by atoms with E-state index in [-0.39, 0.29) is 21.5 Å². The van der Waals surface area contributed by atoms with Crippen LogP contribution >= 0.6 is 23.2 Å². The van der Waals surface area contributed by atoms with Crippen LogP contribution in [-0.2, 0) is 19.4 Å².